The van der Waals surface area contributed by atoms with Crippen molar-refractivity contribution in [3.05, 3.63) is 18.2 Å². The molecule has 0 atom stereocenters. The summed E-state index contributed by atoms with van der Waals surface area (Å²) in [5, 5.41) is 2.82. The minimum Gasteiger partial charge on any atom is -0.495 e. The van der Waals surface area contributed by atoms with Crippen molar-refractivity contribution in [2.45, 2.75) is 25.5 Å². The Morgan fingerprint density at radius 2 is 2.11 bits per heavy atom. The summed E-state index contributed by atoms with van der Waals surface area (Å²) in [5.41, 5.74) is 6.95. The van der Waals surface area contributed by atoms with Gasteiger partial charge in [-0.1, -0.05) is 20.8 Å². The fraction of sp³-hybridized carbons (Fsp3) is 0.462. The monoisotopic (exact) mass is 268 g/mol. The first kappa shape index (κ1) is 14.7. The first-order chi connectivity index (χ1) is 8.31. The minimum atomic E-state index is -0.0262. The van der Waals surface area contributed by atoms with Gasteiger partial charge in [0.1, 0.15) is 5.75 Å². The zero-order valence-corrected chi connectivity index (χ0v) is 12.1. The quantitative estimate of drug-likeness (QED) is 0.824. The summed E-state index contributed by atoms with van der Waals surface area (Å²) in [4.78, 5) is 11.7. The van der Waals surface area contributed by atoms with Crippen LogP contribution in [0.1, 0.15) is 20.8 Å². The normalized spacial score (nSPS) is 11.1. The number of rotatable bonds is 4. The molecule has 0 saturated heterocycles. The maximum absolute atomic E-state index is 11.7. The van der Waals surface area contributed by atoms with E-state index in [1.54, 1.807) is 37.1 Å². The van der Waals surface area contributed by atoms with Crippen LogP contribution >= 0.6 is 11.8 Å². The molecular formula is C13H20N2O2S. The van der Waals surface area contributed by atoms with E-state index >= 15 is 0 Å². The molecule has 5 heteroatoms. The summed E-state index contributed by atoms with van der Waals surface area (Å²) in [6.07, 6.45) is 0. The SMILES string of the molecule is COc1cc(NC(=O)CSC(C)(C)C)ccc1N. The number of nitrogens with two attached hydrogens (primary N) is 1. The van der Waals surface area contributed by atoms with Crippen molar-refractivity contribution in [3.63, 3.8) is 0 Å². The summed E-state index contributed by atoms with van der Waals surface area (Å²) in [5.74, 6) is 0.967. The zero-order chi connectivity index (χ0) is 13.8. The number of amides is 1. The predicted octanol–water partition coefficient (Wildman–Crippen LogP) is 2.75. The number of nitrogens with one attached hydrogen (secondary N) is 1. The van der Waals surface area contributed by atoms with Crippen molar-refractivity contribution in [3.8, 4) is 5.75 Å². The molecule has 0 aromatic heterocycles. The van der Waals surface area contributed by atoms with E-state index in [2.05, 4.69) is 26.1 Å². The van der Waals surface area contributed by atoms with E-state index in [9.17, 15) is 4.79 Å². The number of anilines is 2. The molecule has 0 bridgehead atoms. The van der Waals surface area contributed by atoms with Gasteiger partial charge in [0.25, 0.3) is 0 Å². The maximum atomic E-state index is 11.7. The van der Waals surface area contributed by atoms with Crippen LogP contribution in [0, 0.1) is 0 Å². The Kier molecular flexibility index (Phi) is 4.90. The van der Waals surface area contributed by atoms with Crippen LogP contribution in [0.15, 0.2) is 18.2 Å². The van der Waals surface area contributed by atoms with Crippen molar-refractivity contribution in [2.24, 2.45) is 0 Å². The second kappa shape index (κ2) is 6.00. The van der Waals surface area contributed by atoms with E-state index in [4.69, 9.17) is 10.5 Å². The van der Waals surface area contributed by atoms with Gasteiger partial charge < -0.3 is 15.8 Å². The summed E-state index contributed by atoms with van der Waals surface area (Å²) in [7, 11) is 1.55. The third kappa shape index (κ3) is 4.87. The molecule has 0 saturated carbocycles. The maximum Gasteiger partial charge on any atom is 0.234 e. The summed E-state index contributed by atoms with van der Waals surface area (Å²) in [6, 6.07) is 5.19. The molecule has 0 heterocycles. The van der Waals surface area contributed by atoms with E-state index in [1.807, 2.05) is 0 Å². The number of thioether (sulfide) groups is 1. The molecule has 0 spiro atoms. The van der Waals surface area contributed by atoms with Gasteiger partial charge in [0.05, 0.1) is 18.6 Å². The van der Waals surface area contributed by atoms with Crippen LogP contribution in [0.3, 0.4) is 0 Å². The zero-order valence-electron chi connectivity index (χ0n) is 11.2. The minimum absolute atomic E-state index is 0.0262. The average molecular weight is 268 g/mol. The van der Waals surface area contributed by atoms with E-state index in [1.165, 1.54) is 0 Å². The van der Waals surface area contributed by atoms with Crippen LogP contribution in [-0.2, 0) is 4.79 Å². The van der Waals surface area contributed by atoms with Gasteiger partial charge in [-0.25, -0.2) is 0 Å². The summed E-state index contributed by atoms with van der Waals surface area (Å²) < 4.78 is 5.18. The van der Waals surface area contributed by atoms with Crippen LogP contribution in [-0.4, -0.2) is 23.5 Å². The lowest BCUT2D eigenvalue weighted by atomic mass is 10.2. The Bertz CT molecular complexity index is 427. The van der Waals surface area contributed by atoms with Crippen LogP contribution in [0.5, 0.6) is 5.75 Å². The van der Waals surface area contributed by atoms with Gasteiger partial charge in [0.15, 0.2) is 0 Å². The van der Waals surface area contributed by atoms with Gasteiger partial charge in [-0.15, -0.1) is 11.8 Å². The number of ether oxygens (including phenoxy) is 1. The van der Waals surface area contributed by atoms with Crippen molar-refractivity contribution < 1.29 is 9.53 Å². The number of nitrogen functional groups attached to an aromatic ring is 1. The molecular weight excluding hydrogens is 248 g/mol. The Morgan fingerprint density at radius 1 is 1.44 bits per heavy atom. The van der Waals surface area contributed by atoms with Gasteiger partial charge >= 0.3 is 0 Å². The number of carbonyl (C=O) groups is 1. The van der Waals surface area contributed by atoms with Gasteiger partial charge in [-0.2, -0.15) is 0 Å². The molecule has 1 rings (SSSR count). The fourth-order valence-electron chi connectivity index (χ4n) is 1.27. The molecule has 4 nitrogen and oxygen atoms in total. The Labute approximate surface area is 112 Å². The first-order valence-corrected chi connectivity index (χ1v) is 6.68. The van der Waals surface area contributed by atoms with E-state index in [0.29, 0.717) is 22.9 Å². The summed E-state index contributed by atoms with van der Waals surface area (Å²) in [6.45, 7) is 6.24. The highest BCUT2D eigenvalue weighted by atomic mass is 32.2. The average Bonchev–Trinajstić information content (AvgIpc) is 2.28. The number of carbonyl (C=O) groups excluding carboxylic acids is 1. The Hall–Kier alpha value is -1.36. The molecule has 1 aromatic carbocycles. The Morgan fingerprint density at radius 3 is 2.67 bits per heavy atom. The van der Waals surface area contributed by atoms with Crippen LogP contribution in [0.25, 0.3) is 0 Å². The lowest BCUT2D eigenvalue weighted by Gasteiger charge is -2.17. The fourth-order valence-corrected chi connectivity index (χ4v) is 1.90. The number of hydrogen-bond acceptors (Lipinski definition) is 4. The van der Waals surface area contributed by atoms with Crippen LogP contribution < -0.4 is 15.8 Å². The molecule has 1 aromatic rings. The van der Waals surface area contributed by atoms with E-state index in [-0.39, 0.29) is 10.7 Å². The first-order valence-electron chi connectivity index (χ1n) is 5.69. The van der Waals surface area contributed by atoms with Crippen molar-refractivity contribution in [2.75, 3.05) is 23.9 Å². The third-order valence-electron chi connectivity index (χ3n) is 2.15. The smallest absolute Gasteiger partial charge is 0.234 e. The molecule has 18 heavy (non-hydrogen) atoms. The second-order valence-corrected chi connectivity index (χ2v) is 6.71. The lowest BCUT2D eigenvalue weighted by Crippen LogP contribution is -2.18. The highest BCUT2D eigenvalue weighted by Crippen LogP contribution is 2.26. The van der Waals surface area contributed by atoms with Crippen LogP contribution in [0.4, 0.5) is 11.4 Å². The topological polar surface area (TPSA) is 64.3 Å². The highest BCUT2D eigenvalue weighted by Gasteiger charge is 2.13. The van der Waals surface area contributed by atoms with Crippen molar-refractivity contribution in [1.29, 1.82) is 0 Å². The number of benzene rings is 1. The number of hydrogen-bond donors (Lipinski definition) is 2. The predicted molar refractivity (Wildman–Crippen MR) is 78.2 cm³/mol. The summed E-state index contributed by atoms with van der Waals surface area (Å²) >= 11 is 1.61. The molecule has 0 aliphatic heterocycles. The molecule has 100 valence electrons. The molecule has 0 aliphatic rings. The molecule has 0 radical (unpaired) electrons. The molecule has 0 unspecified atom stereocenters. The molecule has 0 fully saturated rings. The number of methoxy groups -OCH3 is 1. The van der Waals surface area contributed by atoms with Gasteiger partial charge in [-0.3, -0.25) is 4.79 Å². The second-order valence-electron chi connectivity index (χ2n) is 4.91. The van der Waals surface area contributed by atoms with Crippen molar-refractivity contribution in [1.82, 2.24) is 0 Å². The molecule has 0 aliphatic carbocycles. The van der Waals surface area contributed by atoms with E-state index in [0.717, 1.165) is 0 Å². The van der Waals surface area contributed by atoms with Gasteiger partial charge in [-0.05, 0) is 12.1 Å². The van der Waals surface area contributed by atoms with Gasteiger partial charge in [0, 0.05) is 16.5 Å². The third-order valence-corrected chi connectivity index (χ3v) is 3.43. The van der Waals surface area contributed by atoms with E-state index < -0.39 is 0 Å². The lowest BCUT2D eigenvalue weighted by molar-refractivity contribution is -0.113. The van der Waals surface area contributed by atoms with Crippen molar-refractivity contribution >= 4 is 29.0 Å². The standard InChI is InChI=1S/C13H20N2O2S/c1-13(2,3)18-8-12(16)15-9-5-6-10(14)11(7-9)17-4/h5-7H,8,14H2,1-4H3,(H,15,16). The molecule has 1 amide bonds. The van der Waals surface area contributed by atoms with Gasteiger partial charge in [0.2, 0.25) is 5.91 Å². The highest BCUT2D eigenvalue weighted by molar-refractivity contribution is 8.01. The largest absolute Gasteiger partial charge is 0.495 e. The molecule has 3 N–H and O–H groups in total. The van der Waals surface area contributed by atoms with Crippen LogP contribution in [0.2, 0.25) is 0 Å². The Balaban J connectivity index is 2.59.